The minimum absolute atomic E-state index is 0.0948. The summed E-state index contributed by atoms with van der Waals surface area (Å²) in [6.45, 7) is 2.14. The number of benzene rings is 2. The molecule has 0 saturated carbocycles. The normalized spacial score (nSPS) is 11.7. The summed E-state index contributed by atoms with van der Waals surface area (Å²) in [5.74, 6) is 1.45. The number of para-hydroxylation sites is 1. The van der Waals surface area contributed by atoms with E-state index < -0.39 is 5.41 Å². The SMILES string of the molecule is CN(CC(C)(CO)CO)c1nc(-c2ccccc2)nc2ccccc12. The van der Waals surface area contributed by atoms with E-state index in [4.69, 9.17) is 4.98 Å². The molecule has 3 rings (SSSR count). The first-order valence-electron chi connectivity index (χ1n) is 8.31. The first kappa shape index (κ1) is 17.3. The highest BCUT2D eigenvalue weighted by molar-refractivity contribution is 5.91. The fraction of sp³-hybridized carbons (Fsp3) is 0.300. The quantitative estimate of drug-likeness (QED) is 0.724. The van der Waals surface area contributed by atoms with Crippen molar-refractivity contribution in [2.24, 2.45) is 5.41 Å². The van der Waals surface area contributed by atoms with Gasteiger partial charge in [-0.15, -0.1) is 0 Å². The Morgan fingerprint density at radius 3 is 2.24 bits per heavy atom. The van der Waals surface area contributed by atoms with Gasteiger partial charge in [-0.05, 0) is 12.1 Å². The molecule has 5 heteroatoms. The zero-order valence-corrected chi connectivity index (χ0v) is 14.6. The lowest BCUT2D eigenvalue weighted by atomic mass is 9.92. The van der Waals surface area contributed by atoms with Gasteiger partial charge in [-0.25, -0.2) is 9.97 Å². The van der Waals surface area contributed by atoms with Crippen molar-refractivity contribution in [1.82, 2.24) is 9.97 Å². The number of fused-ring (bicyclic) bond motifs is 1. The van der Waals surface area contributed by atoms with Crippen molar-refractivity contribution in [2.75, 3.05) is 31.7 Å². The van der Waals surface area contributed by atoms with E-state index in [1.807, 2.05) is 73.5 Å². The van der Waals surface area contributed by atoms with Crippen LogP contribution in [0.1, 0.15) is 6.92 Å². The molecular weight excluding hydrogens is 314 g/mol. The van der Waals surface area contributed by atoms with Crippen LogP contribution in [0.15, 0.2) is 54.6 Å². The fourth-order valence-electron chi connectivity index (χ4n) is 2.86. The summed E-state index contributed by atoms with van der Waals surface area (Å²) in [4.78, 5) is 11.4. The van der Waals surface area contributed by atoms with Crippen LogP contribution in [0.4, 0.5) is 5.82 Å². The highest BCUT2D eigenvalue weighted by Crippen LogP contribution is 2.28. The average Bonchev–Trinajstić information content (AvgIpc) is 2.67. The lowest BCUT2D eigenvalue weighted by Crippen LogP contribution is -2.39. The van der Waals surface area contributed by atoms with Gasteiger partial charge in [0.15, 0.2) is 5.82 Å². The number of nitrogens with zero attached hydrogens (tertiary/aromatic N) is 3. The molecule has 2 aromatic carbocycles. The molecule has 0 atom stereocenters. The third kappa shape index (κ3) is 3.62. The van der Waals surface area contributed by atoms with Gasteiger partial charge in [0.05, 0.1) is 18.7 Å². The number of rotatable bonds is 6. The first-order chi connectivity index (χ1) is 12.1. The summed E-state index contributed by atoms with van der Waals surface area (Å²) in [6, 6.07) is 17.7. The summed E-state index contributed by atoms with van der Waals surface area (Å²) in [6.07, 6.45) is 0. The summed E-state index contributed by atoms with van der Waals surface area (Å²) in [5.41, 5.74) is 1.22. The molecule has 0 saturated heterocycles. The van der Waals surface area contributed by atoms with Gasteiger partial charge in [0.2, 0.25) is 0 Å². The maximum Gasteiger partial charge on any atom is 0.162 e. The third-order valence-electron chi connectivity index (χ3n) is 4.36. The van der Waals surface area contributed by atoms with E-state index in [9.17, 15) is 10.2 Å². The van der Waals surface area contributed by atoms with Crippen LogP contribution >= 0.6 is 0 Å². The molecule has 0 aliphatic carbocycles. The van der Waals surface area contributed by atoms with Crippen LogP contribution in [0, 0.1) is 5.41 Å². The maximum absolute atomic E-state index is 9.61. The molecular formula is C20H23N3O2. The van der Waals surface area contributed by atoms with Crippen molar-refractivity contribution >= 4 is 16.7 Å². The number of aromatic nitrogens is 2. The zero-order valence-electron chi connectivity index (χ0n) is 14.6. The van der Waals surface area contributed by atoms with Gasteiger partial charge in [0, 0.05) is 30.0 Å². The van der Waals surface area contributed by atoms with Crippen LogP contribution in [0.2, 0.25) is 0 Å². The standard InChI is InChI=1S/C20H23N3O2/c1-20(13-24,14-25)12-23(2)19-16-10-6-7-11-17(16)21-18(22-19)15-8-4-3-5-9-15/h3-11,24-25H,12-14H2,1-2H3. The largest absolute Gasteiger partial charge is 0.396 e. The number of hydrogen-bond donors (Lipinski definition) is 2. The first-order valence-corrected chi connectivity index (χ1v) is 8.31. The van der Waals surface area contributed by atoms with Gasteiger partial charge in [0.1, 0.15) is 5.82 Å². The summed E-state index contributed by atoms with van der Waals surface area (Å²) in [7, 11) is 1.92. The van der Waals surface area contributed by atoms with Crippen LogP contribution < -0.4 is 4.90 Å². The second-order valence-corrected chi connectivity index (χ2v) is 6.74. The number of hydrogen-bond acceptors (Lipinski definition) is 5. The van der Waals surface area contributed by atoms with Gasteiger partial charge in [-0.3, -0.25) is 0 Å². The second kappa shape index (κ2) is 7.17. The van der Waals surface area contributed by atoms with Crippen molar-refractivity contribution in [2.45, 2.75) is 6.92 Å². The number of aliphatic hydroxyl groups excluding tert-OH is 2. The molecule has 0 aliphatic rings. The number of aliphatic hydroxyl groups is 2. The average molecular weight is 337 g/mol. The minimum Gasteiger partial charge on any atom is -0.396 e. The lowest BCUT2D eigenvalue weighted by Gasteiger charge is -2.31. The Morgan fingerprint density at radius 1 is 0.920 bits per heavy atom. The van der Waals surface area contributed by atoms with E-state index in [1.165, 1.54) is 0 Å². The Kier molecular flexibility index (Phi) is 4.97. The molecule has 2 N–H and O–H groups in total. The van der Waals surface area contributed by atoms with Crippen molar-refractivity contribution < 1.29 is 10.2 Å². The Hall–Kier alpha value is -2.50. The van der Waals surface area contributed by atoms with Crippen LogP contribution in [-0.4, -0.2) is 47.0 Å². The molecule has 0 unspecified atom stereocenters. The molecule has 1 aromatic heterocycles. The smallest absolute Gasteiger partial charge is 0.162 e. The summed E-state index contributed by atoms with van der Waals surface area (Å²) >= 11 is 0. The van der Waals surface area contributed by atoms with E-state index in [1.54, 1.807) is 0 Å². The highest BCUT2D eigenvalue weighted by atomic mass is 16.3. The Bertz CT molecular complexity index is 848. The molecule has 0 amide bonds. The van der Waals surface area contributed by atoms with Crippen LogP contribution in [0.5, 0.6) is 0 Å². The van der Waals surface area contributed by atoms with E-state index in [2.05, 4.69) is 4.98 Å². The Morgan fingerprint density at radius 2 is 1.56 bits per heavy atom. The fourth-order valence-corrected chi connectivity index (χ4v) is 2.86. The van der Waals surface area contributed by atoms with Gasteiger partial charge in [0.25, 0.3) is 0 Å². The molecule has 25 heavy (non-hydrogen) atoms. The van der Waals surface area contributed by atoms with Crippen molar-refractivity contribution in [3.8, 4) is 11.4 Å². The highest BCUT2D eigenvalue weighted by Gasteiger charge is 2.26. The van der Waals surface area contributed by atoms with Crippen LogP contribution in [0.3, 0.4) is 0 Å². The second-order valence-electron chi connectivity index (χ2n) is 6.74. The Labute approximate surface area is 147 Å². The molecule has 0 fully saturated rings. The van der Waals surface area contributed by atoms with Gasteiger partial charge in [-0.1, -0.05) is 49.4 Å². The Balaban J connectivity index is 2.10. The van der Waals surface area contributed by atoms with E-state index in [0.29, 0.717) is 12.4 Å². The van der Waals surface area contributed by atoms with Crippen LogP contribution in [0.25, 0.3) is 22.3 Å². The van der Waals surface area contributed by atoms with E-state index in [-0.39, 0.29) is 13.2 Å². The predicted molar refractivity (Wildman–Crippen MR) is 101 cm³/mol. The van der Waals surface area contributed by atoms with E-state index >= 15 is 0 Å². The number of anilines is 1. The maximum atomic E-state index is 9.61. The molecule has 5 nitrogen and oxygen atoms in total. The molecule has 0 bridgehead atoms. The molecule has 130 valence electrons. The van der Waals surface area contributed by atoms with Crippen LogP contribution in [-0.2, 0) is 0 Å². The monoisotopic (exact) mass is 337 g/mol. The van der Waals surface area contributed by atoms with E-state index in [0.717, 1.165) is 22.3 Å². The summed E-state index contributed by atoms with van der Waals surface area (Å²) < 4.78 is 0. The summed E-state index contributed by atoms with van der Waals surface area (Å²) in [5, 5.41) is 20.2. The molecule has 0 spiro atoms. The van der Waals surface area contributed by atoms with Crippen molar-refractivity contribution in [3.63, 3.8) is 0 Å². The van der Waals surface area contributed by atoms with Crippen molar-refractivity contribution in [3.05, 3.63) is 54.6 Å². The third-order valence-corrected chi connectivity index (χ3v) is 4.36. The molecule has 1 heterocycles. The zero-order chi connectivity index (χ0) is 17.9. The topological polar surface area (TPSA) is 69.5 Å². The lowest BCUT2D eigenvalue weighted by molar-refractivity contribution is 0.0762. The molecule has 0 radical (unpaired) electrons. The predicted octanol–water partition coefficient (Wildman–Crippen LogP) is 2.72. The van der Waals surface area contributed by atoms with Crippen molar-refractivity contribution in [1.29, 1.82) is 0 Å². The van der Waals surface area contributed by atoms with Gasteiger partial charge < -0.3 is 15.1 Å². The van der Waals surface area contributed by atoms with Gasteiger partial charge in [-0.2, -0.15) is 0 Å². The van der Waals surface area contributed by atoms with Gasteiger partial charge >= 0.3 is 0 Å². The minimum atomic E-state index is -0.603. The molecule has 0 aliphatic heterocycles. The molecule has 3 aromatic rings.